The van der Waals surface area contributed by atoms with E-state index >= 15 is 0 Å². The number of benzene rings is 2. The van der Waals surface area contributed by atoms with Crippen LogP contribution in [0.15, 0.2) is 42.5 Å². The molecule has 0 amide bonds. The van der Waals surface area contributed by atoms with Gasteiger partial charge in [0.25, 0.3) is 0 Å². The Morgan fingerprint density at radius 3 is 2.68 bits per heavy atom. The monoisotopic (exact) mass is 280 g/mol. The van der Waals surface area contributed by atoms with Crippen molar-refractivity contribution in [2.45, 2.75) is 13.0 Å². The molecule has 1 atom stereocenters. The zero-order valence-electron chi connectivity index (χ0n) is 10.4. The second kappa shape index (κ2) is 6.04. The third kappa shape index (κ3) is 3.25. The molecule has 0 saturated heterocycles. The summed E-state index contributed by atoms with van der Waals surface area (Å²) in [5.74, 6) is 0.105. The van der Waals surface area contributed by atoms with Crippen LogP contribution in [0.2, 0.25) is 5.02 Å². The molecule has 19 heavy (non-hydrogen) atoms. The Hall–Kier alpha value is -1.58. The lowest BCUT2D eigenvalue weighted by atomic mass is 10.0. The van der Waals surface area contributed by atoms with Crippen LogP contribution in [0.25, 0.3) is 0 Å². The van der Waals surface area contributed by atoms with Crippen LogP contribution in [-0.4, -0.2) is 11.7 Å². The second-order valence-corrected chi connectivity index (χ2v) is 4.51. The van der Waals surface area contributed by atoms with Gasteiger partial charge in [-0.15, -0.1) is 0 Å². The molecule has 0 spiro atoms. The van der Waals surface area contributed by atoms with Crippen molar-refractivity contribution in [2.75, 3.05) is 6.61 Å². The molecule has 0 radical (unpaired) electrons. The van der Waals surface area contributed by atoms with Crippen molar-refractivity contribution in [3.8, 4) is 5.75 Å². The molecule has 2 rings (SSSR count). The van der Waals surface area contributed by atoms with Crippen LogP contribution < -0.4 is 4.74 Å². The van der Waals surface area contributed by atoms with Crippen molar-refractivity contribution in [3.63, 3.8) is 0 Å². The van der Waals surface area contributed by atoms with Gasteiger partial charge in [-0.1, -0.05) is 29.8 Å². The van der Waals surface area contributed by atoms with E-state index < -0.39 is 11.9 Å². The molecule has 2 aromatic carbocycles. The van der Waals surface area contributed by atoms with Crippen molar-refractivity contribution in [1.82, 2.24) is 0 Å². The molecule has 0 fully saturated rings. The van der Waals surface area contributed by atoms with Gasteiger partial charge < -0.3 is 9.84 Å². The van der Waals surface area contributed by atoms with E-state index in [0.29, 0.717) is 23.5 Å². The Morgan fingerprint density at radius 1 is 1.26 bits per heavy atom. The van der Waals surface area contributed by atoms with E-state index in [1.807, 2.05) is 13.0 Å². The summed E-state index contributed by atoms with van der Waals surface area (Å²) in [4.78, 5) is 0. The van der Waals surface area contributed by atoms with Gasteiger partial charge in [0.15, 0.2) is 0 Å². The van der Waals surface area contributed by atoms with Crippen molar-refractivity contribution in [2.24, 2.45) is 0 Å². The van der Waals surface area contributed by atoms with Crippen LogP contribution in [-0.2, 0) is 0 Å². The van der Waals surface area contributed by atoms with Gasteiger partial charge in [-0.3, -0.25) is 0 Å². The van der Waals surface area contributed by atoms with Crippen LogP contribution in [0.4, 0.5) is 4.39 Å². The fraction of sp³-hybridized carbons (Fsp3) is 0.200. The van der Waals surface area contributed by atoms with E-state index in [0.717, 1.165) is 0 Å². The maximum atomic E-state index is 13.3. The average Bonchev–Trinajstić information content (AvgIpc) is 2.38. The van der Waals surface area contributed by atoms with Gasteiger partial charge in [0.05, 0.1) is 6.61 Å². The van der Waals surface area contributed by atoms with Crippen molar-refractivity contribution in [3.05, 3.63) is 64.4 Å². The first-order valence-corrected chi connectivity index (χ1v) is 6.35. The van der Waals surface area contributed by atoms with Crippen LogP contribution in [0, 0.1) is 5.82 Å². The second-order valence-electron chi connectivity index (χ2n) is 4.08. The predicted octanol–water partition coefficient (Wildman–Crippen LogP) is 3.96. The Kier molecular flexibility index (Phi) is 4.40. The zero-order valence-corrected chi connectivity index (χ0v) is 11.2. The summed E-state index contributed by atoms with van der Waals surface area (Å²) < 4.78 is 18.8. The number of halogens is 2. The molecule has 1 N–H and O–H groups in total. The highest BCUT2D eigenvalue weighted by molar-refractivity contribution is 6.30. The summed E-state index contributed by atoms with van der Waals surface area (Å²) in [6.07, 6.45) is -0.976. The molecule has 0 aromatic heterocycles. The van der Waals surface area contributed by atoms with Gasteiger partial charge in [0.1, 0.15) is 17.7 Å². The highest BCUT2D eigenvalue weighted by Crippen LogP contribution is 2.31. The minimum absolute atomic E-state index is 0.253. The molecule has 0 bridgehead atoms. The molecular weight excluding hydrogens is 267 g/mol. The Morgan fingerprint density at radius 2 is 2.00 bits per heavy atom. The Balaban J connectivity index is 2.40. The molecule has 0 heterocycles. The lowest BCUT2D eigenvalue weighted by Gasteiger charge is -2.16. The standard InChI is InChI=1S/C15H14ClFO2/c1-2-19-14-6-4-3-5-13(14)15(18)10-7-11(16)9-12(17)8-10/h3-9,15,18H,2H2,1H3. The first-order valence-electron chi connectivity index (χ1n) is 5.97. The minimum atomic E-state index is -0.976. The van der Waals surface area contributed by atoms with Crippen LogP contribution in [0.1, 0.15) is 24.2 Å². The highest BCUT2D eigenvalue weighted by Gasteiger charge is 2.16. The Bertz CT molecular complexity index is 552. The molecule has 2 nitrogen and oxygen atoms in total. The average molecular weight is 281 g/mol. The number of hydrogen-bond donors (Lipinski definition) is 1. The maximum Gasteiger partial charge on any atom is 0.125 e. The quantitative estimate of drug-likeness (QED) is 0.918. The van der Waals surface area contributed by atoms with E-state index in [-0.39, 0.29) is 5.02 Å². The Labute approximate surface area is 116 Å². The van der Waals surface area contributed by atoms with Crippen molar-refractivity contribution < 1.29 is 14.2 Å². The summed E-state index contributed by atoms with van der Waals surface area (Å²) in [5, 5.41) is 10.6. The van der Waals surface area contributed by atoms with Gasteiger partial charge >= 0.3 is 0 Å². The van der Waals surface area contributed by atoms with E-state index in [2.05, 4.69) is 0 Å². The van der Waals surface area contributed by atoms with E-state index in [1.54, 1.807) is 18.2 Å². The summed E-state index contributed by atoms with van der Waals surface area (Å²) in [6, 6.07) is 11.1. The fourth-order valence-corrected chi connectivity index (χ4v) is 2.14. The molecule has 0 aliphatic heterocycles. The van der Waals surface area contributed by atoms with Gasteiger partial charge in [-0.05, 0) is 36.8 Å². The number of aliphatic hydroxyl groups excluding tert-OH is 1. The molecule has 100 valence electrons. The van der Waals surface area contributed by atoms with Gasteiger partial charge in [0, 0.05) is 10.6 Å². The molecule has 0 saturated carbocycles. The molecule has 2 aromatic rings. The van der Waals surface area contributed by atoms with E-state index in [9.17, 15) is 9.50 Å². The summed E-state index contributed by atoms with van der Waals surface area (Å²) in [5.41, 5.74) is 0.989. The van der Waals surface area contributed by atoms with Crippen LogP contribution in [0.3, 0.4) is 0 Å². The SMILES string of the molecule is CCOc1ccccc1C(O)c1cc(F)cc(Cl)c1. The van der Waals surface area contributed by atoms with Crippen LogP contribution in [0.5, 0.6) is 5.75 Å². The van der Waals surface area contributed by atoms with Crippen molar-refractivity contribution in [1.29, 1.82) is 0 Å². The van der Waals surface area contributed by atoms with E-state index in [4.69, 9.17) is 16.3 Å². The fourth-order valence-electron chi connectivity index (χ4n) is 1.91. The normalized spacial score (nSPS) is 12.2. The van der Waals surface area contributed by atoms with Crippen molar-refractivity contribution >= 4 is 11.6 Å². The van der Waals surface area contributed by atoms with Crippen LogP contribution >= 0.6 is 11.6 Å². The predicted molar refractivity (Wildman–Crippen MR) is 73.1 cm³/mol. The molecule has 0 aliphatic rings. The third-order valence-corrected chi connectivity index (χ3v) is 2.93. The smallest absolute Gasteiger partial charge is 0.125 e. The number of ether oxygens (including phenoxy) is 1. The topological polar surface area (TPSA) is 29.5 Å². The summed E-state index contributed by atoms with van der Waals surface area (Å²) in [7, 11) is 0. The summed E-state index contributed by atoms with van der Waals surface area (Å²) in [6.45, 7) is 2.36. The first kappa shape index (κ1) is 13.8. The lowest BCUT2D eigenvalue weighted by Crippen LogP contribution is -2.04. The highest BCUT2D eigenvalue weighted by atomic mass is 35.5. The molecule has 1 unspecified atom stereocenters. The number of rotatable bonds is 4. The maximum absolute atomic E-state index is 13.3. The molecular formula is C15H14ClFO2. The summed E-state index contributed by atoms with van der Waals surface area (Å²) >= 11 is 5.80. The van der Waals surface area contributed by atoms with Gasteiger partial charge in [0.2, 0.25) is 0 Å². The third-order valence-electron chi connectivity index (χ3n) is 2.71. The zero-order chi connectivity index (χ0) is 13.8. The number of para-hydroxylation sites is 1. The number of hydrogen-bond acceptors (Lipinski definition) is 2. The van der Waals surface area contributed by atoms with E-state index in [1.165, 1.54) is 18.2 Å². The largest absolute Gasteiger partial charge is 0.493 e. The first-order chi connectivity index (χ1) is 9.11. The molecule has 0 aliphatic carbocycles. The van der Waals surface area contributed by atoms with Gasteiger partial charge in [-0.25, -0.2) is 4.39 Å². The minimum Gasteiger partial charge on any atom is -0.493 e. The van der Waals surface area contributed by atoms with Gasteiger partial charge in [-0.2, -0.15) is 0 Å². The molecule has 4 heteroatoms. The number of aliphatic hydroxyl groups is 1. The lowest BCUT2D eigenvalue weighted by molar-refractivity contribution is 0.211.